The van der Waals surface area contributed by atoms with Gasteiger partial charge in [-0.3, -0.25) is 0 Å². The molecule has 0 amide bonds. The van der Waals surface area contributed by atoms with E-state index in [1.54, 1.807) is 7.11 Å². The van der Waals surface area contributed by atoms with Gasteiger partial charge in [-0.05, 0) is 30.9 Å². The van der Waals surface area contributed by atoms with Gasteiger partial charge in [0.05, 0.1) is 6.61 Å². The van der Waals surface area contributed by atoms with E-state index >= 15 is 0 Å². The van der Waals surface area contributed by atoms with E-state index in [-0.39, 0.29) is 0 Å². The summed E-state index contributed by atoms with van der Waals surface area (Å²) < 4.78 is 5.25. The van der Waals surface area contributed by atoms with Crippen LogP contribution in [0.1, 0.15) is 19.3 Å². The van der Waals surface area contributed by atoms with Gasteiger partial charge in [0.25, 0.3) is 0 Å². The maximum absolute atomic E-state index is 5.25. The predicted octanol–water partition coefficient (Wildman–Crippen LogP) is 1.51. The molecule has 2 aliphatic rings. The molecule has 0 aromatic carbocycles. The molecule has 1 heterocycles. The van der Waals surface area contributed by atoms with Crippen molar-refractivity contribution in [1.29, 1.82) is 0 Å². The molecule has 1 aliphatic carbocycles. The van der Waals surface area contributed by atoms with Crippen molar-refractivity contribution in [2.24, 2.45) is 5.92 Å². The summed E-state index contributed by atoms with van der Waals surface area (Å²) in [6.07, 6.45) is 4.15. The highest BCUT2D eigenvalue weighted by atomic mass is 32.2. The van der Waals surface area contributed by atoms with Gasteiger partial charge in [0, 0.05) is 24.9 Å². The lowest BCUT2D eigenvalue weighted by atomic mass is 10.1. The van der Waals surface area contributed by atoms with E-state index in [1.807, 2.05) is 0 Å². The van der Waals surface area contributed by atoms with Crippen LogP contribution < -0.4 is 5.32 Å². The van der Waals surface area contributed by atoms with E-state index < -0.39 is 0 Å². The quantitative estimate of drug-likeness (QED) is 0.728. The first-order chi connectivity index (χ1) is 6.40. The van der Waals surface area contributed by atoms with E-state index in [4.69, 9.17) is 4.74 Å². The Kier molecular flexibility index (Phi) is 3.52. The average molecular weight is 201 g/mol. The minimum absolute atomic E-state index is 0.633. The fourth-order valence-corrected chi connectivity index (χ4v) is 3.13. The Morgan fingerprint density at radius 3 is 2.85 bits per heavy atom. The Bertz CT molecular complexity index is 155. The minimum atomic E-state index is 0.633. The van der Waals surface area contributed by atoms with Crippen LogP contribution in [0.4, 0.5) is 0 Å². The monoisotopic (exact) mass is 201 g/mol. The van der Waals surface area contributed by atoms with Crippen molar-refractivity contribution >= 4 is 11.8 Å². The number of hydrogen-bond donors (Lipinski definition) is 1. The van der Waals surface area contributed by atoms with Crippen molar-refractivity contribution in [2.75, 3.05) is 25.2 Å². The van der Waals surface area contributed by atoms with Crippen molar-refractivity contribution in [2.45, 2.75) is 31.3 Å². The van der Waals surface area contributed by atoms with E-state index in [2.05, 4.69) is 17.1 Å². The first-order valence-corrected chi connectivity index (χ1v) is 6.38. The van der Waals surface area contributed by atoms with Gasteiger partial charge >= 0.3 is 0 Å². The zero-order chi connectivity index (χ0) is 9.10. The molecular formula is C10H19NOS. The van der Waals surface area contributed by atoms with Crippen molar-refractivity contribution in [3.8, 4) is 0 Å². The van der Waals surface area contributed by atoms with Crippen LogP contribution in [0.2, 0.25) is 0 Å². The fourth-order valence-electron chi connectivity index (χ4n) is 1.97. The van der Waals surface area contributed by atoms with E-state index in [9.17, 15) is 0 Å². The van der Waals surface area contributed by atoms with Crippen molar-refractivity contribution < 1.29 is 4.74 Å². The molecule has 0 spiro atoms. The molecule has 13 heavy (non-hydrogen) atoms. The zero-order valence-electron chi connectivity index (χ0n) is 8.29. The highest BCUT2D eigenvalue weighted by molar-refractivity contribution is 7.99. The van der Waals surface area contributed by atoms with Crippen LogP contribution in [0.25, 0.3) is 0 Å². The Morgan fingerprint density at radius 2 is 2.31 bits per heavy atom. The van der Waals surface area contributed by atoms with Crippen LogP contribution in [0.5, 0.6) is 0 Å². The van der Waals surface area contributed by atoms with Crippen LogP contribution >= 0.6 is 11.8 Å². The lowest BCUT2D eigenvalue weighted by Gasteiger charge is -2.21. The van der Waals surface area contributed by atoms with E-state index in [1.165, 1.54) is 30.8 Å². The molecular weight excluding hydrogens is 182 g/mol. The molecule has 2 fully saturated rings. The second kappa shape index (κ2) is 4.67. The third-order valence-electron chi connectivity index (χ3n) is 2.92. The Hall–Kier alpha value is 0.270. The summed E-state index contributed by atoms with van der Waals surface area (Å²) in [5.41, 5.74) is 0. The molecule has 3 heteroatoms. The molecule has 2 atom stereocenters. The number of hydrogen-bond acceptors (Lipinski definition) is 3. The highest BCUT2D eigenvalue weighted by Gasteiger charge is 2.32. The third-order valence-corrected chi connectivity index (χ3v) is 4.08. The molecule has 1 saturated carbocycles. The SMILES string of the molecule is COCC(NC1CCSC1)C1CC1. The molecule has 76 valence electrons. The van der Waals surface area contributed by atoms with Crippen LogP contribution in [0, 0.1) is 5.92 Å². The highest BCUT2D eigenvalue weighted by Crippen LogP contribution is 2.33. The third kappa shape index (κ3) is 2.86. The second-order valence-electron chi connectivity index (χ2n) is 4.13. The molecule has 0 bridgehead atoms. The molecule has 1 aliphatic heterocycles. The van der Waals surface area contributed by atoms with Gasteiger partial charge in [0.15, 0.2) is 0 Å². The lowest BCUT2D eigenvalue weighted by Crippen LogP contribution is -2.42. The number of nitrogens with one attached hydrogen (secondary N) is 1. The Morgan fingerprint density at radius 1 is 1.46 bits per heavy atom. The predicted molar refractivity (Wildman–Crippen MR) is 57.3 cm³/mol. The van der Waals surface area contributed by atoms with E-state index in [0.29, 0.717) is 6.04 Å². The maximum atomic E-state index is 5.25. The summed E-state index contributed by atoms with van der Waals surface area (Å²) in [6.45, 7) is 0.895. The molecule has 2 nitrogen and oxygen atoms in total. The van der Waals surface area contributed by atoms with Crippen LogP contribution in [-0.4, -0.2) is 37.3 Å². The molecule has 2 unspecified atom stereocenters. The smallest absolute Gasteiger partial charge is 0.0618 e. The largest absolute Gasteiger partial charge is 0.383 e. The molecule has 0 radical (unpaired) electrons. The van der Waals surface area contributed by atoms with Gasteiger partial charge in [-0.1, -0.05) is 0 Å². The normalized spacial score (nSPS) is 30.7. The average Bonchev–Trinajstić information content (AvgIpc) is 2.85. The number of thioether (sulfide) groups is 1. The lowest BCUT2D eigenvalue weighted by molar-refractivity contribution is 0.153. The molecule has 0 aromatic rings. The first kappa shape index (κ1) is 9.81. The topological polar surface area (TPSA) is 21.3 Å². The summed E-state index contributed by atoms with van der Waals surface area (Å²) in [5, 5.41) is 3.73. The van der Waals surface area contributed by atoms with Gasteiger partial charge in [0.2, 0.25) is 0 Å². The summed E-state index contributed by atoms with van der Waals surface area (Å²) in [4.78, 5) is 0. The summed E-state index contributed by atoms with van der Waals surface area (Å²) in [5.74, 6) is 3.54. The number of rotatable bonds is 5. The first-order valence-electron chi connectivity index (χ1n) is 5.23. The van der Waals surface area contributed by atoms with Crippen molar-refractivity contribution in [3.05, 3.63) is 0 Å². The Balaban J connectivity index is 1.74. The van der Waals surface area contributed by atoms with Crippen molar-refractivity contribution in [3.63, 3.8) is 0 Å². The summed E-state index contributed by atoms with van der Waals surface area (Å²) in [7, 11) is 1.81. The van der Waals surface area contributed by atoms with Gasteiger partial charge < -0.3 is 10.1 Å². The molecule has 1 N–H and O–H groups in total. The zero-order valence-corrected chi connectivity index (χ0v) is 9.11. The molecule has 1 saturated heterocycles. The maximum Gasteiger partial charge on any atom is 0.0618 e. The van der Waals surface area contributed by atoms with Crippen LogP contribution in [-0.2, 0) is 4.74 Å². The van der Waals surface area contributed by atoms with Crippen LogP contribution in [0.3, 0.4) is 0 Å². The summed E-state index contributed by atoms with van der Waals surface area (Å²) in [6, 6.07) is 1.39. The Labute approximate surface area is 84.8 Å². The van der Waals surface area contributed by atoms with Crippen molar-refractivity contribution in [1.82, 2.24) is 5.32 Å². The second-order valence-corrected chi connectivity index (χ2v) is 5.28. The summed E-state index contributed by atoms with van der Waals surface area (Å²) >= 11 is 2.07. The standard InChI is InChI=1S/C10H19NOS/c1-12-6-10(8-2-3-8)11-9-4-5-13-7-9/h8-11H,2-7H2,1H3. The van der Waals surface area contributed by atoms with Gasteiger partial charge in [-0.25, -0.2) is 0 Å². The molecule has 0 aromatic heterocycles. The number of ether oxygens (including phenoxy) is 1. The molecule has 2 rings (SSSR count). The minimum Gasteiger partial charge on any atom is -0.383 e. The van der Waals surface area contributed by atoms with Gasteiger partial charge in [-0.2, -0.15) is 11.8 Å². The number of methoxy groups -OCH3 is 1. The fraction of sp³-hybridized carbons (Fsp3) is 1.00. The van der Waals surface area contributed by atoms with E-state index in [0.717, 1.165) is 18.6 Å². The van der Waals surface area contributed by atoms with Gasteiger partial charge in [0.1, 0.15) is 0 Å². The van der Waals surface area contributed by atoms with Gasteiger partial charge in [-0.15, -0.1) is 0 Å². The van der Waals surface area contributed by atoms with Crippen LogP contribution in [0.15, 0.2) is 0 Å².